The average Bonchev–Trinajstić information content (AvgIpc) is 1.62. The summed E-state index contributed by atoms with van der Waals surface area (Å²) in [5, 5.41) is 14.1. The first-order chi connectivity index (χ1) is 58.2. The molecule has 4 aliphatic heterocycles. The number of urea groups is 3. The predicted molar refractivity (Wildman–Crippen MR) is 465 cm³/mol. The van der Waals surface area contributed by atoms with E-state index in [1.165, 1.54) is 43.8 Å². The molecular formula is C91H84N20O8. The van der Waals surface area contributed by atoms with Crippen LogP contribution < -0.4 is 47.2 Å². The summed E-state index contributed by atoms with van der Waals surface area (Å²) in [6.45, 7) is 7.94. The number of carbonyl (C=O) groups is 3. The number of hydrogen-bond acceptors (Lipinski definition) is 14. The molecule has 0 aliphatic carbocycles. The second-order valence-corrected chi connectivity index (χ2v) is 29.3. The fourth-order valence-corrected chi connectivity index (χ4v) is 15.8. The normalized spacial score (nSPS) is 14.0. The zero-order valence-electron chi connectivity index (χ0n) is 65.3. The molecule has 4 fully saturated rings. The van der Waals surface area contributed by atoms with Crippen LogP contribution in [0.1, 0.15) is 12.8 Å². The van der Waals surface area contributed by atoms with E-state index in [1.807, 2.05) is 256 Å². The second-order valence-electron chi connectivity index (χ2n) is 29.3. The zero-order chi connectivity index (χ0) is 81.6. The quantitative estimate of drug-likeness (QED) is 0.0494. The topological polar surface area (TPSA) is 309 Å². The Bertz CT molecular complexity index is 6600. The van der Waals surface area contributed by atoms with Gasteiger partial charge in [-0.2, -0.15) is 0 Å². The van der Waals surface area contributed by atoms with E-state index in [-0.39, 0.29) is 46.9 Å². The number of aliphatic hydroxyl groups is 1. The molecule has 8 aromatic heterocycles. The lowest BCUT2D eigenvalue weighted by atomic mass is 10.1. The van der Waals surface area contributed by atoms with Crippen LogP contribution >= 0.6 is 0 Å². The van der Waals surface area contributed by atoms with E-state index >= 15 is 0 Å². The van der Waals surface area contributed by atoms with Crippen molar-refractivity contribution < 1.29 is 19.5 Å². The number of fused-ring (bicyclic) bond motifs is 4. The van der Waals surface area contributed by atoms with E-state index in [0.717, 1.165) is 117 Å². The smallest absolute Gasteiger partial charge is 0.324 e. The van der Waals surface area contributed by atoms with E-state index in [1.54, 1.807) is 19.6 Å². The first-order valence-corrected chi connectivity index (χ1v) is 39.4. The number of H-pyrrole nitrogens is 4. The maximum atomic E-state index is 12.8. The number of carbonyl (C=O) groups excluding carboxylic acids is 3. The summed E-state index contributed by atoms with van der Waals surface area (Å²) in [5.41, 5.74) is 16.2. The molecule has 12 heterocycles. The van der Waals surface area contributed by atoms with Gasteiger partial charge in [0, 0.05) is 165 Å². The number of anilines is 4. The number of benzene rings is 8. The van der Waals surface area contributed by atoms with Crippen LogP contribution in [0.25, 0.3) is 111 Å². The van der Waals surface area contributed by atoms with Crippen LogP contribution in [0.15, 0.2) is 288 Å². The van der Waals surface area contributed by atoms with Gasteiger partial charge in [-0.05, 0) is 146 Å². The number of β-amino-alcohol motifs (C(OH)–C–C–N with tert-alkyl or cyclic N) is 1. The molecule has 0 saturated carbocycles. The number of para-hydroxylation sites is 4. The van der Waals surface area contributed by atoms with E-state index in [0.29, 0.717) is 83.4 Å². The van der Waals surface area contributed by atoms with Gasteiger partial charge in [-0.3, -0.25) is 33.9 Å². The van der Waals surface area contributed by atoms with Crippen molar-refractivity contribution in [2.24, 2.45) is 0 Å². The molecule has 6 N–H and O–H groups in total. The van der Waals surface area contributed by atoms with Crippen LogP contribution in [0.4, 0.5) is 37.1 Å². The van der Waals surface area contributed by atoms with E-state index in [9.17, 15) is 33.6 Å². The standard InChI is InChI=1S/C25H26N6O2.C23H21N5O3.C22H20N4O.C21H17N5O2/c1-28(2)12-13-29-14-15-30(25(29)33)20-10-8-18(9-11-20)21-16-31(19-6-4-3-5-7-19)23-22(21)24(32)27-17-26-23;29-13-12-26-10-11-27(23(26)31)18-8-6-16(7-9-18)19-14-28(17-4-2-1-3-5-17)21-20(19)22(30)25-15-24-21;27-22-20-19(16-8-10-17(11-9-16)25-12-4-5-13-25)14-26(21(20)23-15-24-22)18-6-2-1-3-7-18;27-20-18-17(14-6-8-16(9-7-14)25-11-10-22-21(25)28)12-26(19(18)23-13-24-20)15-4-2-1-3-5-15/h3-11,16-17H,12-15H2,1-2H3,(H,26,27,32);1-9,14-15,29H,10-13H2,(H,24,25,30);1-3,6-11,14-15H,4-5,12-13H2,(H,23,24,27);1-9,12-13H,10-11H2,(H,22,28)(H,23,24,27). The Kier molecular flexibility index (Phi) is 21.8. The highest BCUT2D eigenvalue weighted by Gasteiger charge is 2.32. The Balaban J connectivity index is 0.000000114. The van der Waals surface area contributed by atoms with Crippen LogP contribution in [-0.2, 0) is 0 Å². The number of aliphatic hydroxyl groups excluding tert-OH is 1. The molecule has 0 atom stereocenters. The third kappa shape index (κ3) is 15.5. The van der Waals surface area contributed by atoms with Crippen molar-refractivity contribution in [2.75, 3.05) is 112 Å². The molecule has 0 radical (unpaired) electrons. The van der Waals surface area contributed by atoms with E-state index in [2.05, 4.69) is 79.3 Å². The van der Waals surface area contributed by atoms with Gasteiger partial charge in [0.15, 0.2) is 22.6 Å². The number of aromatic amines is 4. The first kappa shape index (κ1) is 76.6. The number of nitrogens with zero attached hydrogens (tertiary/aromatic N) is 15. The van der Waals surface area contributed by atoms with Crippen LogP contribution in [-0.4, -0.2) is 189 Å². The lowest BCUT2D eigenvalue weighted by Crippen LogP contribution is -2.36. The fraction of sp³-hybridized carbons (Fsp3) is 0.176. The Morgan fingerprint density at radius 1 is 0.336 bits per heavy atom. The predicted octanol–water partition coefficient (Wildman–Crippen LogP) is 12.7. The minimum Gasteiger partial charge on any atom is -0.395 e. The van der Waals surface area contributed by atoms with Crippen LogP contribution in [0, 0.1) is 0 Å². The van der Waals surface area contributed by atoms with Gasteiger partial charge in [0.25, 0.3) is 22.2 Å². The van der Waals surface area contributed by atoms with E-state index in [4.69, 9.17) is 5.11 Å². The van der Waals surface area contributed by atoms with Crippen molar-refractivity contribution in [3.05, 3.63) is 310 Å². The molecule has 596 valence electrons. The van der Waals surface area contributed by atoms with E-state index < -0.39 is 0 Å². The molecule has 0 spiro atoms. The van der Waals surface area contributed by atoms with Gasteiger partial charge in [-0.1, -0.05) is 121 Å². The molecular weight excluding hydrogens is 1500 g/mol. The summed E-state index contributed by atoms with van der Waals surface area (Å²) in [7, 11) is 4.01. The van der Waals surface area contributed by atoms with Crippen molar-refractivity contribution in [1.29, 1.82) is 0 Å². The number of nitrogens with one attached hydrogen (secondary N) is 5. The summed E-state index contributed by atoms with van der Waals surface area (Å²) >= 11 is 0. The van der Waals surface area contributed by atoms with Crippen molar-refractivity contribution in [3.8, 4) is 67.3 Å². The van der Waals surface area contributed by atoms with Gasteiger partial charge in [0.2, 0.25) is 0 Å². The molecule has 16 aromatic rings. The number of amides is 6. The summed E-state index contributed by atoms with van der Waals surface area (Å²) in [4.78, 5) is 129. The number of likely N-dealkylation sites (N-methyl/N-ethyl adjacent to an activating group) is 1. The lowest BCUT2D eigenvalue weighted by molar-refractivity contribution is 0.199. The Morgan fingerprint density at radius 3 is 0.933 bits per heavy atom. The molecule has 20 rings (SSSR count). The van der Waals surface area contributed by atoms with Crippen LogP contribution in [0.2, 0.25) is 0 Å². The van der Waals surface area contributed by atoms with Crippen molar-refractivity contribution in [1.82, 2.24) is 78.2 Å². The van der Waals surface area contributed by atoms with Gasteiger partial charge in [-0.15, -0.1) is 0 Å². The van der Waals surface area contributed by atoms with Gasteiger partial charge in [-0.25, -0.2) is 34.3 Å². The number of rotatable bonds is 17. The summed E-state index contributed by atoms with van der Waals surface area (Å²) in [5.74, 6) is 0. The molecule has 4 saturated heterocycles. The molecule has 4 aliphatic rings. The SMILES string of the molecule is CN(C)CCN1CCN(c2ccc(-c3cn(-c4ccccc4)c4nc[nH]c(=O)c34)cc2)C1=O.O=C1N(CCO)CCN1c1ccc(-c2cn(-c3ccccc3)c3nc[nH]c(=O)c23)cc1.O=C1NCCN1c1ccc(-c2cn(-c3ccccc3)c3nc[nH]c(=O)c23)cc1.O=c1[nH]cnc2c1c(-c1ccc(N3CCCC3)cc1)cn2-c1ccccc1. The van der Waals surface area contributed by atoms with Crippen molar-refractivity contribution >= 4 is 85.0 Å². The summed E-state index contributed by atoms with van der Waals surface area (Å²) in [6.07, 6.45) is 16.0. The molecule has 119 heavy (non-hydrogen) atoms. The minimum atomic E-state index is -0.201. The van der Waals surface area contributed by atoms with Gasteiger partial charge in [0.1, 0.15) is 0 Å². The molecule has 28 nitrogen and oxygen atoms in total. The van der Waals surface area contributed by atoms with Crippen LogP contribution in [0.5, 0.6) is 0 Å². The third-order valence-corrected chi connectivity index (χ3v) is 21.8. The molecule has 28 heteroatoms. The van der Waals surface area contributed by atoms with Crippen molar-refractivity contribution in [3.63, 3.8) is 0 Å². The zero-order valence-corrected chi connectivity index (χ0v) is 65.3. The second kappa shape index (κ2) is 33.8. The summed E-state index contributed by atoms with van der Waals surface area (Å²) in [6, 6.07) is 70.7. The summed E-state index contributed by atoms with van der Waals surface area (Å²) < 4.78 is 7.74. The number of aromatic nitrogens is 12. The maximum absolute atomic E-state index is 12.8. The van der Waals surface area contributed by atoms with Crippen molar-refractivity contribution in [2.45, 2.75) is 12.8 Å². The monoisotopic (exact) mass is 1580 g/mol. The largest absolute Gasteiger partial charge is 0.395 e. The third-order valence-electron chi connectivity index (χ3n) is 21.8. The highest BCUT2D eigenvalue weighted by Crippen LogP contribution is 2.37. The highest BCUT2D eigenvalue weighted by atomic mass is 16.3. The molecule has 6 amide bonds. The lowest BCUT2D eigenvalue weighted by Gasteiger charge is -2.20. The molecule has 0 unspecified atom stereocenters. The number of hydrogen-bond donors (Lipinski definition) is 6. The minimum absolute atomic E-state index is 0.0333. The van der Waals surface area contributed by atoms with Crippen LogP contribution in [0.3, 0.4) is 0 Å². The fourth-order valence-electron chi connectivity index (χ4n) is 15.8. The Morgan fingerprint density at radius 2 is 0.639 bits per heavy atom. The average molecular weight is 1590 g/mol. The van der Waals surface area contributed by atoms with Gasteiger partial charge >= 0.3 is 18.1 Å². The molecule has 0 bridgehead atoms. The Labute approximate surface area is 681 Å². The molecule has 8 aromatic carbocycles. The highest BCUT2D eigenvalue weighted by molar-refractivity contribution is 6.01. The first-order valence-electron chi connectivity index (χ1n) is 39.4. The Hall–Kier alpha value is -15.0. The maximum Gasteiger partial charge on any atom is 0.324 e. The van der Waals surface area contributed by atoms with Gasteiger partial charge < -0.3 is 68.2 Å². The van der Waals surface area contributed by atoms with Gasteiger partial charge in [0.05, 0.1) is 53.5 Å².